The fourth-order valence-corrected chi connectivity index (χ4v) is 3.90. The number of nitrogens with zero attached hydrogens (tertiary/aromatic N) is 1. The summed E-state index contributed by atoms with van der Waals surface area (Å²) in [5.41, 5.74) is 2.23. The Balaban J connectivity index is 1.18. The molecule has 8 heteroatoms. The molecular weight excluding hydrogens is 424 g/mol. The quantitative estimate of drug-likeness (QED) is 0.483. The van der Waals surface area contributed by atoms with Gasteiger partial charge in [-0.3, -0.25) is 14.4 Å². The Labute approximate surface area is 192 Å². The highest BCUT2D eigenvalue weighted by atomic mass is 16.6. The molecule has 1 saturated heterocycles. The van der Waals surface area contributed by atoms with Gasteiger partial charge in [-0.15, -0.1) is 0 Å². The number of ketones is 1. The van der Waals surface area contributed by atoms with Gasteiger partial charge in [-0.1, -0.05) is 0 Å². The van der Waals surface area contributed by atoms with Crippen LogP contribution in [0.4, 0.5) is 11.4 Å². The normalized spacial score (nSPS) is 15.0. The molecule has 174 valence electrons. The van der Waals surface area contributed by atoms with Crippen LogP contribution >= 0.6 is 0 Å². The number of carbonyl (C=O) groups excluding carboxylic acids is 3. The number of fused-ring (bicyclic) bond motifs is 1. The summed E-state index contributed by atoms with van der Waals surface area (Å²) in [5, 5.41) is 2.72. The number of anilines is 2. The van der Waals surface area contributed by atoms with Crippen molar-refractivity contribution in [2.24, 2.45) is 0 Å². The Bertz CT molecular complexity index is 998. The van der Waals surface area contributed by atoms with Gasteiger partial charge in [0.2, 0.25) is 0 Å². The average Bonchev–Trinajstić information content (AvgIpc) is 2.86. The highest BCUT2D eigenvalue weighted by molar-refractivity contribution is 5.98. The standard InChI is InChI=1S/C25H28N2O6/c28-21(18-4-10-22-23(16-18)32-15-14-31-22)9-11-25(30)33-17-24(29)26-19-5-7-20(8-6-19)27-12-2-1-3-13-27/h4-8,10,16H,1-3,9,11-15,17H2,(H,26,29). The lowest BCUT2D eigenvalue weighted by atomic mass is 10.1. The largest absolute Gasteiger partial charge is 0.486 e. The van der Waals surface area contributed by atoms with Crippen molar-refractivity contribution in [3.8, 4) is 11.5 Å². The van der Waals surface area contributed by atoms with Crippen LogP contribution in [0.2, 0.25) is 0 Å². The van der Waals surface area contributed by atoms with Gasteiger partial charge >= 0.3 is 5.97 Å². The minimum atomic E-state index is -0.600. The molecule has 2 aromatic carbocycles. The number of benzene rings is 2. The lowest BCUT2D eigenvalue weighted by Crippen LogP contribution is -2.29. The molecule has 1 amide bonds. The summed E-state index contributed by atoms with van der Waals surface area (Å²) in [6.45, 7) is 2.62. The van der Waals surface area contributed by atoms with Gasteiger partial charge in [0.1, 0.15) is 13.2 Å². The maximum Gasteiger partial charge on any atom is 0.306 e. The monoisotopic (exact) mass is 452 g/mol. The molecule has 1 fully saturated rings. The number of ether oxygens (including phenoxy) is 3. The molecule has 2 aromatic rings. The molecule has 0 unspecified atom stereocenters. The molecule has 2 aliphatic rings. The Morgan fingerprint density at radius 3 is 2.36 bits per heavy atom. The molecule has 0 bridgehead atoms. The predicted octanol–water partition coefficient (Wildman–Crippen LogP) is 3.59. The van der Waals surface area contributed by atoms with Crippen LogP contribution < -0.4 is 19.7 Å². The molecule has 0 atom stereocenters. The van der Waals surface area contributed by atoms with E-state index < -0.39 is 18.5 Å². The summed E-state index contributed by atoms with van der Waals surface area (Å²) >= 11 is 0. The van der Waals surface area contributed by atoms with Crippen molar-refractivity contribution >= 4 is 29.0 Å². The van der Waals surface area contributed by atoms with Gasteiger partial charge in [-0.05, 0) is 61.7 Å². The minimum absolute atomic E-state index is 0.0158. The van der Waals surface area contributed by atoms with Crippen molar-refractivity contribution < 1.29 is 28.6 Å². The third-order valence-corrected chi connectivity index (χ3v) is 5.66. The van der Waals surface area contributed by atoms with Crippen molar-refractivity contribution in [1.29, 1.82) is 0 Å². The number of esters is 1. The zero-order valence-corrected chi connectivity index (χ0v) is 18.5. The maximum absolute atomic E-state index is 12.4. The second-order valence-corrected chi connectivity index (χ2v) is 8.09. The van der Waals surface area contributed by atoms with Gasteiger partial charge in [0.05, 0.1) is 6.42 Å². The van der Waals surface area contributed by atoms with E-state index in [9.17, 15) is 14.4 Å². The molecular formula is C25H28N2O6. The van der Waals surface area contributed by atoms with E-state index in [0.717, 1.165) is 18.8 Å². The second kappa shape index (κ2) is 10.8. The van der Waals surface area contributed by atoms with E-state index in [4.69, 9.17) is 14.2 Å². The SMILES string of the molecule is O=C(COC(=O)CCC(=O)c1ccc2c(c1)OCCO2)Nc1ccc(N2CCCCC2)cc1. The lowest BCUT2D eigenvalue weighted by molar-refractivity contribution is -0.147. The number of rotatable bonds is 8. The Hall–Kier alpha value is -3.55. The first-order chi connectivity index (χ1) is 16.1. The summed E-state index contributed by atoms with van der Waals surface area (Å²) in [5.74, 6) is -0.106. The first kappa shape index (κ1) is 22.6. The van der Waals surface area contributed by atoms with Crippen molar-refractivity contribution in [2.75, 3.05) is 43.1 Å². The van der Waals surface area contributed by atoms with E-state index in [2.05, 4.69) is 10.2 Å². The summed E-state index contributed by atoms with van der Waals surface area (Å²) in [4.78, 5) is 38.8. The van der Waals surface area contributed by atoms with Crippen LogP contribution in [-0.2, 0) is 14.3 Å². The van der Waals surface area contributed by atoms with Crippen molar-refractivity contribution in [2.45, 2.75) is 32.1 Å². The zero-order valence-electron chi connectivity index (χ0n) is 18.5. The number of piperidine rings is 1. The fraction of sp³-hybridized carbons (Fsp3) is 0.400. The Morgan fingerprint density at radius 2 is 1.61 bits per heavy atom. The van der Waals surface area contributed by atoms with E-state index in [1.807, 2.05) is 24.3 Å². The van der Waals surface area contributed by atoms with Gasteiger partial charge < -0.3 is 24.4 Å². The van der Waals surface area contributed by atoms with E-state index in [0.29, 0.717) is 36.0 Å². The molecule has 0 spiro atoms. The summed E-state index contributed by atoms with van der Waals surface area (Å²) < 4.78 is 15.9. The summed E-state index contributed by atoms with van der Waals surface area (Å²) in [6, 6.07) is 12.6. The topological polar surface area (TPSA) is 94.2 Å². The lowest BCUT2D eigenvalue weighted by Gasteiger charge is -2.28. The third kappa shape index (κ3) is 6.25. The number of nitrogens with one attached hydrogen (secondary N) is 1. The fourth-order valence-electron chi connectivity index (χ4n) is 3.90. The summed E-state index contributed by atoms with van der Waals surface area (Å²) in [7, 11) is 0. The zero-order chi connectivity index (χ0) is 23.0. The van der Waals surface area contributed by atoms with E-state index in [1.54, 1.807) is 18.2 Å². The number of amides is 1. The molecule has 8 nitrogen and oxygen atoms in total. The van der Waals surface area contributed by atoms with Crippen LogP contribution in [-0.4, -0.2) is 50.6 Å². The molecule has 33 heavy (non-hydrogen) atoms. The Kier molecular flexibility index (Phi) is 7.44. The van der Waals surface area contributed by atoms with Gasteiger partial charge in [0.15, 0.2) is 23.9 Å². The van der Waals surface area contributed by atoms with E-state index in [-0.39, 0.29) is 18.6 Å². The highest BCUT2D eigenvalue weighted by Gasteiger charge is 2.17. The average molecular weight is 453 g/mol. The van der Waals surface area contributed by atoms with Crippen LogP contribution in [0.5, 0.6) is 11.5 Å². The van der Waals surface area contributed by atoms with Crippen molar-refractivity contribution in [1.82, 2.24) is 0 Å². The maximum atomic E-state index is 12.4. The molecule has 0 saturated carbocycles. The molecule has 2 aliphatic heterocycles. The molecule has 1 N–H and O–H groups in total. The van der Waals surface area contributed by atoms with Crippen LogP contribution in [0.3, 0.4) is 0 Å². The highest BCUT2D eigenvalue weighted by Crippen LogP contribution is 2.31. The molecule has 0 aromatic heterocycles. The third-order valence-electron chi connectivity index (χ3n) is 5.66. The van der Waals surface area contributed by atoms with Crippen LogP contribution in [0, 0.1) is 0 Å². The number of hydrogen-bond donors (Lipinski definition) is 1. The smallest absolute Gasteiger partial charge is 0.306 e. The summed E-state index contributed by atoms with van der Waals surface area (Å²) in [6.07, 6.45) is 3.55. The van der Waals surface area contributed by atoms with Gasteiger partial charge in [0, 0.05) is 36.4 Å². The minimum Gasteiger partial charge on any atom is -0.486 e. The van der Waals surface area contributed by atoms with Gasteiger partial charge in [-0.2, -0.15) is 0 Å². The predicted molar refractivity (Wildman–Crippen MR) is 123 cm³/mol. The van der Waals surface area contributed by atoms with E-state index >= 15 is 0 Å². The van der Waals surface area contributed by atoms with Crippen LogP contribution in [0.15, 0.2) is 42.5 Å². The first-order valence-electron chi connectivity index (χ1n) is 11.3. The molecule has 2 heterocycles. The number of hydrogen-bond acceptors (Lipinski definition) is 7. The van der Waals surface area contributed by atoms with Gasteiger partial charge in [-0.25, -0.2) is 0 Å². The number of Topliss-reactive ketones (excluding diaryl/α,β-unsaturated/α-hetero) is 1. The molecule has 4 rings (SSSR count). The Morgan fingerprint density at radius 1 is 0.879 bits per heavy atom. The van der Waals surface area contributed by atoms with Crippen molar-refractivity contribution in [3.63, 3.8) is 0 Å². The van der Waals surface area contributed by atoms with Crippen LogP contribution in [0.25, 0.3) is 0 Å². The molecule has 0 radical (unpaired) electrons. The number of carbonyl (C=O) groups is 3. The van der Waals surface area contributed by atoms with Gasteiger partial charge in [0.25, 0.3) is 5.91 Å². The second-order valence-electron chi connectivity index (χ2n) is 8.09. The van der Waals surface area contributed by atoms with Crippen molar-refractivity contribution in [3.05, 3.63) is 48.0 Å². The first-order valence-corrected chi connectivity index (χ1v) is 11.3. The van der Waals surface area contributed by atoms with Crippen LogP contribution in [0.1, 0.15) is 42.5 Å². The van der Waals surface area contributed by atoms with E-state index in [1.165, 1.54) is 19.3 Å². The molecule has 0 aliphatic carbocycles.